The third-order valence-corrected chi connectivity index (χ3v) is 2.80. The Balaban J connectivity index is 2.03. The lowest BCUT2D eigenvalue weighted by atomic mass is 10.3. The first-order valence-electron chi connectivity index (χ1n) is 6.54. The predicted molar refractivity (Wildman–Crippen MR) is 75.8 cm³/mol. The first-order chi connectivity index (χ1) is 10.1. The van der Waals surface area contributed by atoms with Gasteiger partial charge in [-0.3, -0.25) is 4.79 Å². The minimum absolute atomic E-state index is 0.0207. The first-order valence-corrected chi connectivity index (χ1v) is 6.54. The van der Waals surface area contributed by atoms with Crippen molar-refractivity contribution in [3.8, 4) is 0 Å². The molecule has 0 bridgehead atoms. The van der Waals surface area contributed by atoms with Gasteiger partial charge in [-0.1, -0.05) is 23.4 Å². The van der Waals surface area contributed by atoms with Gasteiger partial charge in [0, 0.05) is 5.69 Å². The van der Waals surface area contributed by atoms with E-state index in [1.54, 1.807) is 26.0 Å². The number of hydrogen-bond acceptors (Lipinski definition) is 5. The van der Waals surface area contributed by atoms with Gasteiger partial charge in [-0.2, -0.15) is 0 Å². The lowest BCUT2D eigenvalue weighted by molar-refractivity contribution is -0.117. The summed E-state index contributed by atoms with van der Waals surface area (Å²) in [6, 6.07) is 9.10. The Morgan fingerprint density at radius 3 is 2.67 bits per heavy atom. The summed E-state index contributed by atoms with van der Waals surface area (Å²) < 4.78 is 6.23. The van der Waals surface area contributed by atoms with E-state index in [4.69, 9.17) is 4.74 Å². The molecule has 110 valence electrons. The highest BCUT2D eigenvalue weighted by Crippen LogP contribution is 2.08. The summed E-state index contributed by atoms with van der Waals surface area (Å²) in [7, 11) is 0. The molecule has 2 aromatic rings. The molecule has 0 atom stereocenters. The van der Waals surface area contributed by atoms with Crippen LogP contribution in [-0.4, -0.2) is 33.5 Å². The van der Waals surface area contributed by atoms with E-state index in [-0.39, 0.29) is 24.8 Å². The quantitative estimate of drug-likeness (QED) is 0.840. The number of hydrogen-bond donors (Lipinski definition) is 1. The molecule has 2 rings (SSSR count). The van der Waals surface area contributed by atoms with Crippen molar-refractivity contribution in [3.63, 3.8) is 0 Å². The summed E-state index contributed by atoms with van der Waals surface area (Å²) in [4.78, 5) is 23.5. The lowest BCUT2D eigenvalue weighted by Crippen LogP contribution is -2.20. The average Bonchev–Trinajstić information content (AvgIpc) is 2.81. The number of nitrogens with zero attached hydrogens (tertiary/aromatic N) is 3. The number of aromatic nitrogens is 3. The zero-order chi connectivity index (χ0) is 15.2. The topological polar surface area (TPSA) is 86.1 Å². The van der Waals surface area contributed by atoms with E-state index in [0.29, 0.717) is 11.4 Å². The minimum atomic E-state index is -0.537. The highest BCUT2D eigenvalue weighted by molar-refractivity contribution is 5.91. The van der Waals surface area contributed by atoms with E-state index in [0.717, 1.165) is 0 Å². The molecule has 1 aromatic heterocycles. The zero-order valence-electron chi connectivity index (χ0n) is 11.9. The normalized spacial score (nSPS) is 10.2. The van der Waals surface area contributed by atoms with Crippen molar-refractivity contribution in [2.45, 2.75) is 20.4 Å². The molecule has 7 nitrogen and oxygen atoms in total. The molecule has 0 aliphatic heterocycles. The Kier molecular flexibility index (Phi) is 4.65. The van der Waals surface area contributed by atoms with Crippen LogP contribution in [0.2, 0.25) is 0 Å². The fourth-order valence-electron chi connectivity index (χ4n) is 1.76. The van der Waals surface area contributed by atoms with Crippen LogP contribution in [0.15, 0.2) is 30.3 Å². The number of carbonyl (C=O) groups is 2. The van der Waals surface area contributed by atoms with Crippen molar-refractivity contribution < 1.29 is 14.3 Å². The summed E-state index contributed by atoms with van der Waals surface area (Å²) in [5.41, 5.74) is 1.33. The Morgan fingerprint density at radius 1 is 1.29 bits per heavy atom. The minimum Gasteiger partial charge on any atom is -0.461 e. The summed E-state index contributed by atoms with van der Waals surface area (Å²) in [6.45, 7) is 3.62. The largest absolute Gasteiger partial charge is 0.461 e. The standard InChI is InChI=1S/C14H16N4O3/c1-3-21-14(20)13-10(2)18(17-16-13)9-12(19)15-11-7-5-4-6-8-11/h4-8H,3,9H2,1-2H3,(H,15,19). The molecule has 0 saturated heterocycles. The maximum Gasteiger partial charge on any atom is 0.360 e. The number of esters is 1. The van der Waals surface area contributed by atoms with Crippen LogP contribution in [0.4, 0.5) is 5.69 Å². The highest BCUT2D eigenvalue weighted by Gasteiger charge is 2.18. The van der Waals surface area contributed by atoms with Gasteiger partial charge < -0.3 is 10.1 Å². The SMILES string of the molecule is CCOC(=O)c1nnn(CC(=O)Nc2ccccc2)c1C. The van der Waals surface area contributed by atoms with Crippen molar-refractivity contribution in [1.29, 1.82) is 0 Å². The Bertz CT molecular complexity index is 637. The van der Waals surface area contributed by atoms with Crippen LogP contribution >= 0.6 is 0 Å². The van der Waals surface area contributed by atoms with Gasteiger partial charge >= 0.3 is 5.97 Å². The molecule has 0 fully saturated rings. The van der Waals surface area contributed by atoms with Gasteiger partial charge in [-0.05, 0) is 26.0 Å². The van der Waals surface area contributed by atoms with Crippen LogP contribution in [-0.2, 0) is 16.1 Å². The number of rotatable bonds is 5. The van der Waals surface area contributed by atoms with Gasteiger partial charge in [0.25, 0.3) is 0 Å². The van der Waals surface area contributed by atoms with E-state index in [9.17, 15) is 9.59 Å². The van der Waals surface area contributed by atoms with Gasteiger partial charge in [-0.25, -0.2) is 9.48 Å². The molecule has 0 unspecified atom stereocenters. The maximum absolute atomic E-state index is 11.9. The van der Waals surface area contributed by atoms with Crippen LogP contribution in [0.25, 0.3) is 0 Å². The summed E-state index contributed by atoms with van der Waals surface area (Å²) in [6.07, 6.45) is 0. The third kappa shape index (κ3) is 3.65. The second-order valence-electron chi connectivity index (χ2n) is 4.32. The lowest BCUT2D eigenvalue weighted by Gasteiger charge is -2.06. The van der Waals surface area contributed by atoms with Crippen LogP contribution in [0.5, 0.6) is 0 Å². The molecule has 0 saturated carbocycles. The molecule has 0 spiro atoms. The zero-order valence-corrected chi connectivity index (χ0v) is 11.9. The van der Waals surface area contributed by atoms with Crippen molar-refractivity contribution in [2.75, 3.05) is 11.9 Å². The van der Waals surface area contributed by atoms with Crippen LogP contribution in [0, 0.1) is 6.92 Å². The van der Waals surface area contributed by atoms with Crippen LogP contribution in [0.3, 0.4) is 0 Å². The molecule has 1 N–H and O–H groups in total. The van der Waals surface area contributed by atoms with Crippen LogP contribution < -0.4 is 5.32 Å². The third-order valence-electron chi connectivity index (χ3n) is 2.80. The van der Waals surface area contributed by atoms with Crippen molar-refractivity contribution >= 4 is 17.6 Å². The number of benzene rings is 1. The first kappa shape index (κ1) is 14.7. The van der Waals surface area contributed by atoms with E-state index < -0.39 is 5.97 Å². The molecular weight excluding hydrogens is 272 g/mol. The van der Waals surface area contributed by atoms with E-state index in [1.165, 1.54) is 4.68 Å². The fraction of sp³-hybridized carbons (Fsp3) is 0.286. The average molecular weight is 288 g/mol. The monoisotopic (exact) mass is 288 g/mol. The van der Waals surface area contributed by atoms with Gasteiger partial charge in [-0.15, -0.1) is 5.10 Å². The predicted octanol–water partition coefficient (Wildman–Crippen LogP) is 1.40. The van der Waals surface area contributed by atoms with Gasteiger partial charge in [0.1, 0.15) is 6.54 Å². The molecule has 0 radical (unpaired) electrons. The number of para-hydroxylation sites is 1. The number of carbonyl (C=O) groups excluding carboxylic acids is 2. The van der Waals surface area contributed by atoms with Gasteiger partial charge in [0.15, 0.2) is 5.69 Å². The molecule has 0 aliphatic rings. The number of anilines is 1. The summed E-state index contributed by atoms with van der Waals surface area (Å²) in [5.74, 6) is -0.783. The number of amides is 1. The summed E-state index contributed by atoms with van der Waals surface area (Å²) in [5, 5.41) is 10.3. The van der Waals surface area contributed by atoms with Crippen molar-refractivity contribution in [1.82, 2.24) is 15.0 Å². The van der Waals surface area contributed by atoms with Crippen LogP contribution in [0.1, 0.15) is 23.1 Å². The van der Waals surface area contributed by atoms with Gasteiger partial charge in [0.05, 0.1) is 12.3 Å². The molecule has 1 amide bonds. The van der Waals surface area contributed by atoms with E-state index in [1.807, 2.05) is 18.2 Å². The Morgan fingerprint density at radius 2 is 2.00 bits per heavy atom. The van der Waals surface area contributed by atoms with E-state index in [2.05, 4.69) is 15.6 Å². The molecule has 0 aliphatic carbocycles. The molecule has 21 heavy (non-hydrogen) atoms. The second-order valence-corrected chi connectivity index (χ2v) is 4.32. The highest BCUT2D eigenvalue weighted by atomic mass is 16.5. The maximum atomic E-state index is 11.9. The molecule has 7 heteroatoms. The molecular formula is C14H16N4O3. The number of nitrogens with one attached hydrogen (secondary N) is 1. The van der Waals surface area contributed by atoms with Crippen molar-refractivity contribution in [2.24, 2.45) is 0 Å². The van der Waals surface area contributed by atoms with Gasteiger partial charge in [0.2, 0.25) is 5.91 Å². The van der Waals surface area contributed by atoms with Crippen molar-refractivity contribution in [3.05, 3.63) is 41.7 Å². The summed E-state index contributed by atoms with van der Waals surface area (Å²) >= 11 is 0. The Labute approximate surface area is 121 Å². The Hall–Kier alpha value is -2.70. The fourth-order valence-corrected chi connectivity index (χ4v) is 1.76. The van der Waals surface area contributed by atoms with E-state index >= 15 is 0 Å². The number of ether oxygens (including phenoxy) is 1. The smallest absolute Gasteiger partial charge is 0.360 e. The molecule has 1 aromatic carbocycles. The second kappa shape index (κ2) is 6.65. The molecule has 1 heterocycles.